The van der Waals surface area contributed by atoms with E-state index < -0.39 is 0 Å². The second-order valence-electron chi connectivity index (χ2n) is 3.65. The van der Waals surface area contributed by atoms with Gasteiger partial charge in [0.05, 0.1) is 13.3 Å². The fraction of sp³-hybridized carbons (Fsp3) is 0.154. The highest BCUT2D eigenvalue weighted by molar-refractivity contribution is 5.74. The predicted octanol–water partition coefficient (Wildman–Crippen LogP) is 2.65. The van der Waals surface area contributed by atoms with Crippen molar-refractivity contribution in [2.75, 3.05) is 12.8 Å². The van der Waals surface area contributed by atoms with Crippen molar-refractivity contribution in [1.82, 2.24) is 4.98 Å². The molecule has 1 aromatic heterocycles. The van der Waals surface area contributed by atoms with E-state index in [1.165, 1.54) is 0 Å². The van der Waals surface area contributed by atoms with Crippen molar-refractivity contribution >= 4 is 5.69 Å². The maximum absolute atomic E-state index is 5.73. The Morgan fingerprint density at radius 1 is 1.19 bits per heavy atom. The van der Waals surface area contributed by atoms with Crippen LogP contribution in [-0.4, -0.2) is 12.1 Å². The minimum Gasteiger partial charge on any atom is -0.494 e. The molecule has 0 bridgehead atoms. The maximum atomic E-state index is 5.73. The number of anilines is 1. The van der Waals surface area contributed by atoms with Gasteiger partial charge in [0.25, 0.3) is 0 Å². The van der Waals surface area contributed by atoms with E-state index in [1.807, 2.05) is 31.2 Å². The average Bonchev–Trinajstić information content (AvgIpc) is 2.29. The number of hydrogen-bond acceptors (Lipinski definition) is 3. The first-order valence-electron chi connectivity index (χ1n) is 5.07. The van der Waals surface area contributed by atoms with E-state index in [2.05, 4.69) is 4.98 Å². The van der Waals surface area contributed by atoms with Gasteiger partial charge in [-0.1, -0.05) is 6.07 Å². The summed E-state index contributed by atoms with van der Waals surface area (Å²) in [5, 5.41) is 0. The van der Waals surface area contributed by atoms with Crippen LogP contribution in [0.1, 0.15) is 5.56 Å². The lowest BCUT2D eigenvalue weighted by atomic mass is 10.0. The second kappa shape index (κ2) is 4.23. The molecule has 1 heterocycles. The van der Waals surface area contributed by atoms with Crippen LogP contribution in [0.5, 0.6) is 5.75 Å². The summed E-state index contributed by atoms with van der Waals surface area (Å²) in [6, 6.07) is 7.79. The van der Waals surface area contributed by atoms with Crippen molar-refractivity contribution in [3.63, 3.8) is 0 Å². The van der Waals surface area contributed by atoms with E-state index in [0.29, 0.717) is 0 Å². The van der Waals surface area contributed by atoms with Crippen molar-refractivity contribution in [3.05, 3.63) is 42.2 Å². The Labute approximate surface area is 94.9 Å². The minimum absolute atomic E-state index is 0.772. The van der Waals surface area contributed by atoms with Gasteiger partial charge in [-0.05, 0) is 36.2 Å². The molecule has 0 atom stereocenters. The Morgan fingerprint density at radius 2 is 2.00 bits per heavy atom. The van der Waals surface area contributed by atoms with Crippen molar-refractivity contribution in [2.24, 2.45) is 0 Å². The van der Waals surface area contributed by atoms with Gasteiger partial charge in [0.15, 0.2) is 0 Å². The lowest BCUT2D eigenvalue weighted by Crippen LogP contribution is -1.92. The number of aryl methyl sites for hydroxylation is 1. The molecule has 0 unspecified atom stereocenters. The summed E-state index contributed by atoms with van der Waals surface area (Å²) >= 11 is 0. The highest BCUT2D eigenvalue weighted by Gasteiger charge is 2.07. The fourth-order valence-electron chi connectivity index (χ4n) is 1.75. The molecule has 2 aromatic rings. The first kappa shape index (κ1) is 10.5. The number of benzene rings is 1. The zero-order chi connectivity index (χ0) is 11.5. The average molecular weight is 214 g/mol. The van der Waals surface area contributed by atoms with Crippen molar-refractivity contribution < 1.29 is 4.74 Å². The van der Waals surface area contributed by atoms with Gasteiger partial charge in [-0.15, -0.1) is 0 Å². The normalized spacial score (nSPS) is 10.1. The van der Waals surface area contributed by atoms with E-state index in [-0.39, 0.29) is 0 Å². The van der Waals surface area contributed by atoms with Crippen LogP contribution < -0.4 is 10.5 Å². The molecule has 0 amide bonds. The first-order valence-corrected chi connectivity index (χ1v) is 5.07. The standard InChI is InChI=1S/C13H14N2O/c1-9-7-10(14)3-4-11(9)12-5-6-15-8-13(12)16-2/h3-8H,14H2,1-2H3. The molecule has 3 nitrogen and oxygen atoms in total. The first-order chi connectivity index (χ1) is 7.72. The van der Waals surface area contributed by atoms with Gasteiger partial charge in [-0.2, -0.15) is 0 Å². The smallest absolute Gasteiger partial charge is 0.144 e. The number of nitrogens with two attached hydrogens (primary N) is 1. The fourth-order valence-corrected chi connectivity index (χ4v) is 1.75. The molecular formula is C13H14N2O. The quantitative estimate of drug-likeness (QED) is 0.782. The second-order valence-corrected chi connectivity index (χ2v) is 3.65. The monoisotopic (exact) mass is 214 g/mol. The van der Waals surface area contributed by atoms with Crippen LogP contribution in [0.2, 0.25) is 0 Å². The number of nitrogen functional groups attached to an aromatic ring is 1. The highest BCUT2D eigenvalue weighted by Crippen LogP contribution is 2.31. The molecule has 82 valence electrons. The van der Waals surface area contributed by atoms with Crippen LogP contribution >= 0.6 is 0 Å². The van der Waals surface area contributed by atoms with Crippen LogP contribution in [0.3, 0.4) is 0 Å². The summed E-state index contributed by atoms with van der Waals surface area (Å²) in [6.07, 6.45) is 3.47. The Morgan fingerprint density at radius 3 is 2.69 bits per heavy atom. The summed E-state index contributed by atoms with van der Waals surface area (Å²) in [5.41, 5.74) is 9.79. The molecule has 0 aliphatic heterocycles. The van der Waals surface area contributed by atoms with E-state index in [9.17, 15) is 0 Å². The lowest BCUT2D eigenvalue weighted by molar-refractivity contribution is 0.414. The lowest BCUT2D eigenvalue weighted by Gasteiger charge is -2.10. The minimum atomic E-state index is 0.772. The molecule has 0 aliphatic carbocycles. The summed E-state index contributed by atoms with van der Waals surface area (Å²) in [4.78, 5) is 4.04. The largest absolute Gasteiger partial charge is 0.494 e. The molecule has 1 aromatic carbocycles. The van der Waals surface area contributed by atoms with Crippen LogP contribution in [0.25, 0.3) is 11.1 Å². The van der Waals surface area contributed by atoms with Crippen LogP contribution in [0.4, 0.5) is 5.69 Å². The van der Waals surface area contributed by atoms with Gasteiger partial charge in [0.1, 0.15) is 5.75 Å². The van der Waals surface area contributed by atoms with Crippen LogP contribution in [0, 0.1) is 6.92 Å². The molecule has 3 heteroatoms. The number of nitrogens with zero attached hydrogens (tertiary/aromatic N) is 1. The van der Waals surface area contributed by atoms with Crippen molar-refractivity contribution in [1.29, 1.82) is 0 Å². The van der Waals surface area contributed by atoms with E-state index in [4.69, 9.17) is 10.5 Å². The zero-order valence-corrected chi connectivity index (χ0v) is 9.40. The van der Waals surface area contributed by atoms with Crippen LogP contribution in [-0.2, 0) is 0 Å². The predicted molar refractivity (Wildman–Crippen MR) is 65.4 cm³/mol. The Kier molecular flexibility index (Phi) is 2.77. The molecule has 0 spiro atoms. The van der Waals surface area contributed by atoms with Crippen molar-refractivity contribution in [3.8, 4) is 16.9 Å². The summed E-state index contributed by atoms with van der Waals surface area (Å²) < 4.78 is 5.29. The molecule has 0 saturated heterocycles. The highest BCUT2D eigenvalue weighted by atomic mass is 16.5. The summed E-state index contributed by atoms with van der Waals surface area (Å²) in [6.45, 7) is 2.03. The van der Waals surface area contributed by atoms with Crippen molar-refractivity contribution in [2.45, 2.75) is 6.92 Å². The number of methoxy groups -OCH3 is 1. The molecule has 2 rings (SSSR count). The SMILES string of the molecule is COc1cnccc1-c1ccc(N)cc1C. The number of ether oxygens (including phenoxy) is 1. The molecular weight excluding hydrogens is 200 g/mol. The summed E-state index contributed by atoms with van der Waals surface area (Å²) in [5.74, 6) is 0.773. The Bertz CT molecular complexity index is 509. The van der Waals surface area contributed by atoms with E-state index in [1.54, 1.807) is 19.5 Å². The Balaban J connectivity index is 2.58. The number of pyridine rings is 1. The van der Waals surface area contributed by atoms with Gasteiger partial charge in [-0.3, -0.25) is 4.98 Å². The summed E-state index contributed by atoms with van der Waals surface area (Å²) in [7, 11) is 1.65. The van der Waals surface area contributed by atoms with Gasteiger partial charge in [-0.25, -0.2) is 0 Å². The Hall–Kier alpha value is -2.03. The maximum Gasteiger partial charge on any atom is 0.144 e. The number of hydrogen-bond donors (Lipinski definition) is 1. The number of rotatable bonds is 2. The van der Waals surface area contributed by atoms with Gasteiger partial charge in [0, 0.05) is 17.4 Å². The molecule has 2 N–H and O–H groups in total. The van der Waals surface area contributed by atoms with E-state index >= 15 is 0 Å². The third-order valence-electron chi connectivity index (χ3n) is 2.55. The third kappa shape index (κ3) is 1.84. The van der Waals surface area contributed by atoms with Crippen LogP contribution in [0.15, 0.2) is 36.7 Å². The third-order valence-corrected chi connectivity index (χ3v) is 2.55. The van der Waals surface area contributed by atoms with Gasteiger partial charge < -0.3 is 10.5 Å². The molecule has 16 heavy (non-hydrogen) atoms. The van der Waals surface area contributed by atoms with Gasteiger partial charge in [0.2, 0.25) is 0 Å². The molecule has 0 fully saturated rings. The topological polar surface area (TPSA) is 48.1 Å². The molecule has 0 aliphatic rings. The number of aromatic nitrogens is 1. The molecule has 0 radical (unpaired) electrons. The van der Waals surface area contributed by atoms with E-state index in [0.717, 1.165) is 28.1 Å². The zero-order valence-electron chi connectivity index (χ0n) is 9.40. The van der Waals surface area contributed by atoms with Gasteiger partial charge >= 0.3 is 0 Å². The molecule has 0 saturated carbocycles.